The van der Waals surface area contributed by atoms with Crippen LogP contribution in [0, 0.1) is 0 Å². The number of aliphatic hydroxyl groups excluding tert-OH is 1. The summed E-state index contributed by atoms with van der Waals surface area (Å²) in [5.74, 6) is 0. The van der Waals surface area contributed by atoms with E-state index in [0.29, 0.717) is 0 Å². The molecule has 0 spiro atoms. The maximum atomic E-state index is 7.33. The Kier molecular flexibility index (Phi) is 204. The molecule has 0 fully saturated rings. The molecular weight excluding hydrogens is 448 g/mol. The van der Waals surface area contributed by atoms with Crippen molar-refractivity contribution in [3.63, 3.8) is 0 Å². The van der Waals surface area contributed by atoms with E-state index in [2.05, 4.69) is 6.58 Å². The molecule has 0 amide bonds. The van der Waals surface area contributed by atoms with Crippen LogP contribution < -0.4 is 71.9 Å². The summed E-state index contributed by atoms with van der Waals surface area (Å²) >= 11 is 0. The molecule has 7 heavy (non-hydrogen) atoms. The SMILES string of the molecule is C=CO.[Al+3].[I-].[I-].[I-]. The van der Waals surface area contributed by atoms with E-state index in [1.165, 1.54) is 0 Å². The molecule has 0 aliphatic rings. The largest absolute Gasteiger partial charge is 3.00 e. The van der Waals surface area contributed by atoms with Gasteiger partial charge in [-0.3, -0.25) is 0 Å². The fraction of sp³-hybridized carbons (Fsp3) is 0. The van der Waals surface area contributed by atoms with Crippen molar-refractivity contribution < 1.29 is 77.0 Å². The van der Waals surface area contributed by atoms with E-state index in [1.54, 1.807) is 0 Å². The Morgan fingerprint density at radius 2 is 1.14 bits per heavy atom. The second kappa shape index (κ2) is 40.9. The summed E-state index contributed by atoms with van der Waals surface area (Å²) in [6, 6.07) is 0. The molecule has 0 aliphatic carbocycles. The van der Waals surface area contributed by atoms with Gasteiger partial charge < -0.3 is 77.0 Å². The molecule has 0 saturated heterocycles. The topological polar surface area (TPSA) is 20.2 Å². The van der Waals surface area contributed by atoms with Gasteiger partial charge in [0.05, 0.1) is 6.26 Å². The quantitative estimate of drug-likeness (QED) is 0.220. The third-order valence-corrected chi connectivity index (χ3v) is 0. The Hall–Kier alpha value is 2.26. The fourth-order valence-electron chi connectivity index (χ4n) is 0. The van der Waals surface area contributed by atoms with E-state index in [-0.39, 0.29) is 89.3 Å². The van der Waals surface area contributed by atoms with E-state index in [0.717, 1.165) is 6.26 Å². The van der Waals surface area contributed by atoms with Crippen molar-refractivity contribution in [2.24, 2.45) is 0 Å². The molecule has 1 N–H and O–H groups in total. The van der Waals surface area contributed by atoms with Crippen molar-refractivity contribution in [3.05, 3.63) is 12.8 Å². The average molecular weight is 452 g/mol. The van der Waals surface area contributed by atoms with Gasteiger partial charge in [-0.1, -0.05) is 6.58 Å². The molecule has 0 aromatic carbocycles. The molecular formula is C2H4AlI3O. The first-order valence-corrected chi connectivity index (χ1v) is 0.666. The van der Waals surface area contributed by atoms with Gasteiger partial charge in [-0.25, -0.2) is 0 Å². The van der Waals surface area contributed by atoms with E-state index in [1.807, 2.05) is 0 Å². The summed E-state index contributed by atoms with van der Waals surface area (Å²) in [5.41, 5.74) is 0. The maximum absolute atomic E-state index is 7.33. The van der Waals surface area contributed by atoms with Crippen LogP contribution >= 0.6 is 0 Å². The number of rotatable bonds is 0. The molecule has 0 aromatic rings. The summed E-state index contributed by atoms with van der Waals surface area (Å²) in [7, 11) is 0. The van der Waals surface area contributed by atoms with Crippen LogP contribution in [0.1, 0.15) is 0 Å². The average Bonchev–Trinajstić information content (AvgIpc) is 0.918. The maximum Gasteiger partial charge on any atom is 3.00 e. The molecule has 42 valence electrons. The van der Waals surface area contributed by atoms with Gasteiger partial charge in [-0.2, -0.15) is 0 Å². The Balaban J connectivity index is -0.00000000333. The Labute approximate surface area is 106 Å². The molecule has 0 radical (unpaired) electrons. The van der Waals surface area contributed by atoms with Gasteiger partial charge in [0, 0.05) is 0 Å². The van der Waals surface area contributed by atoms with Crippen molar-refractivity contribution in [2.45, 2.75) is 0 Å². The Bertz CT molecular complexity index is 20.4. The normalized spacial score (nSPS) is 1.71. The summed E-state index contributed by atoms with van der Waals surface area (Å²) in [4.78, 5) is 0. The molecule has 0 unspecified atom stereocenters. The minimum absolute atomic E-state index is 0. The van der Waals surface area contributed by atoms with Crippen molar-refractivity contribution >= 4 is 17.4 Å². The Morgan fingerprint density at radius 1 is 1.14 bits per heavy atom. The van der Waals surface area contributed by atoms with Crippen molar-refractivity contribution in [2.75, 3.05) is 0 Å². The number of hydrogen-bond acceptors (Lipinski definition) is 1. The minimum Gasteiger partial charge on any atom is -1.00 e. The van der Waals surface area contributed by atoms with Gasteiger partial charge in [0.2, 0.25) is 0 Å². The van der Waals surface area contributed by atoms with Gasteiger partial charge >= 0.3 is 17.4 Å². The second-order valence-electron chi connectivity index (χ2n) is 0.183. The molecule has 5 heteroatoms. The van der Waals surface area contributed by atoms with E-state index in [9.17, 15) is 0 Å². The standard InChI is InChI=1S/C2H4O.Al.3HI/c1-2-3;;;;/h2-3H,1H2;;3*1H/q;+3;;;/p-3. The third kappa shape index (κ3) is 63.3. The predicted molar refractivity (Wildman–Crippen MR) is 18.6 cm³/mol. The van der Waals surface area contributed by atoms with Crippen LogP contribution in [0.5, 0.6) is 0 Å². The van der Waals surface area contributed by atoms with E-state index >= 15 is 0 Å². The second-order valence-corrected chi connectivity index (χ2v) is 0.183. The van der Waals surface area contributed by atoms with Gasteiger partial charge in [0.1, 0.15) is 0 Å². The van der Waals surface area contributed by atoms with Crippen LogP contribution in [-0.2, 0) is 0 Å². The zero-order chi connectivity index (χ0) is 2.71. The Morgan fingerprint density at radius 3 is 1.14 bits per heavy atom. The summed E-state index contributed by atoms with van der Waals surface area (Å²) in [6.07, 6.45) is 0.750. The van der Waals surface area contributed by atoms with Gasteiger partial charge in [0.15, 0.2) is 0 Å². The van der Waals surface area contributed by atoms with Crippen LogP contribution in [0.25, 0.3) is 0 Å². The van der Waals surface area contributed by atoms with Crippen LogP contribution in [0.4, 0.5) is 0 Å². The number of hydrogen-bond donors (Lipinski definition) is 1. The number of halogens is 3. The predicted octanol–water partition coefficient (Wildman–Crippen LogP) is -8.68. The third-order valence-electron chi connectivity index (χ3n) is 0. The first kappa shape index (κ1) is 34.8. The molecule has 0 atom stereocenters. The van der Waals surface area contributed by atoms with Gasteiger partial charge in [-0.15, -0.1) is 0 Å². The molecule has 0 aromatic heterocycles. The molecule has 0 aliphatic heterocycles. The molecule has 1 nitrogen and oxygen atoms in total. The smallest absolute Gasteiger partial charge is 1.00 e. The van der Waals surface area contributed by atoms with Crippen LogP contribution in [0.15, 0.2) is 12.8 Å². The van der Waals surface area contributed by atoms with Gasteiger partial charge in [-0.05, 0) is 0 Å². The van der Waals surface area contributed by atoms with Gasteiger partial charge in [0.25, 0.3) is 0 Å². The summed E-state index contributed by atoms with van der Waals surface area (Å²) < 4.78 is 0. The summed E-state index contributed by atoms with van der Waals surface area (Å²) in [5, 5.41) is 7.33. The molecule has 0 saturated carbocycles. The first-order chi connectivity index (χ1) is 1.41. The minimum atomic E-state index is 0. The number of aliphatic hydroxyl groups is 1. The monoisotopic (exact) mass is 452 g/mol. The zero-order valence-corrected chi connectivity index (χ0v) is 11.1. The van der Waals surface area contributed by atoms with E-state index in [4.69, 9.17) is 5.11 Å². The molecule has 0 bridgehead atoms. The van der Waals surface area contributed by atoms with Crippen molar-refractivity contribution in [1.29, 1.82) is 0 Å². The molecule has 0 rings (SSSR count). The van der Waals surface area contributed by atoms with Crippen molar-refractivity contribution in [1.82, 2.24) is 0 Å². The van der Waals surface area contributed by atoms with Crippen molar-refractivity contribution in [3.8, 4) is 0 Å². The first-order valence-electron chi connectivity index (χ1n) is 0.666. The van der Waals surface area contributed by atoms with E-state index < -0.39 is 0 Å². The zero-order valence-electron chi connectivity index (χ0n) is 3.44. The summed E-state index contributed by atoms with van der Waals surface area (Å²) in [6.45, 7) is 2.92. The van der Waals surface area contributed by atoms with Crippen LogP contribution in [0.2, 0.25) is 0 Å². The van der Waals surface area contributed by atoms with Crippen LogP contribution in [-0.4, -0.2) is 22.5 Å². The molecule has 0 heterocycles. The fourth-order valence-corrected chi connectivity index (χ4v) is 0. The van der Waals surface area contributed by atoms with Crippen LogP contribution in [0.3, 0.4) is 0 Å².